The van der Waals surface area contributed by atoms with Crippen LogP contribution in [0.2, 0.25) is 0 Å². The number of rotatable bonds is 6. The van der Waals surface area contributed by atoms with E-state index in [1.54, 1.807) is 25.1 Å². The first-order valence-corrected chi connectivity index (χ1v) is 10.1. The van der Waals surface area contributed by atoms with Gasteiger partial charge in [0, 0.05) is 25.2 Å². The van der Waals surface area contributed by atoms with Gasteiger partial charge < -0.3 is 9.84 Å². The number of phenolic OH excluding ortho intramolecular Hbond substituents is 1. The smallest absolute Gasteiger partial charge is 0.270 e. The summed E-state index contributed by atoms with van der Waals surface area (Å²) in [5.74, 6) is 0.159. The van der Waals surface area contributed by atoms with Gasteiger partial charge >= 0.3 is 0 Å². The molecule has 1 aliphatic rings. The maximum absolute atomic E-state index is 13.1. The van der Waals surface area contributed by atoms with Gasteiger partial charge in [0.15, 0.2) is 5.76 Å². The number of hydrogen-bond donors (Lipinski definition) is 1. The predicted octanol–water partition coefficient (Wildman–Crippen LogP) is 4.86. The summed E-state index contributed by atoms with van der Waals surface area (Å²) in [5, 5.41) is 21.7. The number of carbonyl (C=O) groups is 1. The van der Waals surface area contributed by atoms with Crippen molar-refractivity contribution in [1.29, 1.82) is 0 Å². The van der Waals surface area contributed by atoms with E-state index in [1.165, 1.54) is 18.2 Å². The molecular weight excluding hydrogens is 408 g/mol. The number of nitro groups is 1. The van der Waals surface area contributed by atoms with Gasteiger partial charge in [0.25, 0.3) is 5.69 Å². The number of Topliss-reactive ketones (excluding diaryl/α,β-unsaturated/α-hetero) is 1. The summed E-state index contributed by atoms with van der Waals surface area (Å²) in [6, 6.07) is 17.5. The van der Waals surface area contributed by atoms with E-state index in [0.717, 1.165) is 5.56 Å². The van der Waals surface area contributed by atoms with E-state index in [0.29, 0.717) is 41.1 Å². The van der Waals surface area contributed by atoms with Crippen molar-refractivity contribution in [3.63, 3.8) is 0 Å². The number of aryl methyl sites for hydroxylation is 1. The Kier molecular flexibility index (Phi) is 5.75. The van der Waals surface area contributed by atoms with Crippen molar-refractivity contribution in [2.45, 2.75) is 20.0 Å². The van der Waals surface area contributed by atoms with Gasteiger partial charge in [0.2, 0.25) is 5.78 Å². The van der Waals surface area contributed by atoms with Crippen LogP contribution < -0.4 is 4.74 Å². The first kappa shape index (κ1) is 21.3. The SMILES string of the molecule is Cc1cc(O)c(CN(C)Cc2ccccc2)c2c1C(=O)/C(=C/c1cccc([N+](=O)[O-])c1)O2. The molecule has 3 aromatic rings. The molecule has 0 aromatic heterocycles. The highest BCUT2D eigenvalue weighted by Crippen LogP contribution is 2.42. The lowest BCUT2D eigenvalue weighted by molar-refractivity contribution is -0.384. The molecule has 7 heteroatoms. The lowest BCUT2D eigenvalue weighted by Crippen LogP contribution is -2.17. The summed E-state index contributed by atoms with van der Waals surface area (Å²) in [7, 11) is 1.93. The second-order valence-corrected chi connectivity index (χ2v) is 7.85. The third-order valence-corrected chi connectivity index (χ3v) is 5.32. The Morgan fingerprint density at radius 1 is 1.09 bits per heavy atom. The number of ether oxygens (including phenoxy) is 1. The maximum Gasteiger partial charge on any atom is 0.270 e. The molecule has 7 nitrogen and oxygen atoms in total. The fourth-order valence-corrected chi connectivity index (χ4v) is 3.83. The number of nitrogens with zero attached hydrogens (tertiary/aromatic N) is 2. The third-order valence-electron chi connectivity index (χ3n) is 5.32. The van der Waals surface area contributed by atoms with E-state index in [2.05, 4.69) is 0 Å². The first-order valence-electron chi connectivity index (χ1n) is 10.1. The second kappa shape index (κ2) is 8.64. The number of carbonyl (C=O) groups excluding carboxylic acids is 1. The number of phenols is 1. The first-order chi connectivity index (χ1) is 15.3. The number of non-ortho nitro benzene ring substituents is 1. The van der Waals surface area contributed by atoms with Crippen LogP contribution >= 0.6 is 0 Å². The summed E-state index contributed by atoms with van der Waals surface area (Å²) in [5.41, 5.74) is 3.09. The van der Waals surface area contributed by atoms with E-state index in [1.807, 2.05) is 42.3 Å². The number of hydrogen-bond acceptors (Lipinski definition) is 6. The number of ketones is 1. The minimum Gasteiger partial charge on any atom is -0.507 e. The number of fused-ring (bicyclic) bond motifs is 1. The molecule has 0 bridgehead atoms. The van der Waals surface area contributed by atoms with Crippen molar-refractivity contribution in [2.75, 3.05) is 7.05 Å². The van der Waals surface area contributed by atoms with Crippen molar-refractivity contribution >= 4 is 17.5 Å². The molecule has 1 N–H and O–H groups in total. The summed E-state index contributed by atoms with van der Waals surface area (Å²) in [4.78, 5) is 25.6. The molecule has 162 valence electrons. The summed E-state index contributed by atoms with van der Waals surface area (Å²) in [6.45, 7) is 2.78. The van der Waals surface area contributed by atoms with Crippen LogP contribution in [-0.2, 0) is 13.1 Å². The molecule has 0 amide bonds. The van der Waals surface area contributed by atoms with Gasteiger partial charge in [0.1, 0.15) is 11.5 Å². The largest absolute Gasteiger partial charge is 0.507 e. The van der Waals surface area contributed by atoms with Gasteiger partial charge in [-0.2, -0.15) is 0 Å². The van der Waals surface area contributed by atoms with Crippen LogP contribution in [0.25, 0.3) is 6.08 Å². The molecule has 0 saturated heterocycles. The van der Waals surface area contributed by atoms with Crippen molar-refractivity contribution in [3.8, 4) is 11.5 Å². The van der Waals surface area contributed by atoms with Gasteiger partial charge in [-0.05, 0) is 42.8 Å². The normalized spacial score (nSPS) is 14.0. The molecule has 1 aliphatic heterocycles. The topological polar surface area (TPSA) is 92.9 Å². The molecule has 0 saturated carbocycles. The predicted molar refractivity (Wildman–Crippen MR) is 120 cm³/mol. The van der Waals surface area contributed by atoms with Crippen molar-refractivity contribution < 1.29 is 19.6 Å². The summed E-state index contributed by atoms with van der Waals surface area (Å²) >= 11 is 0. The van der Waals surface area contributed by atoms with Crippen LogP contribution in [0.1, 0.15) is 32.6 Å². The molecule has 3 aromatic carbocycles. The van der Waals surface area contributed by atoms with E-state index in [9.17, 15) is 20.0 Å². The monoisotopic (exact) mass is 430 g/mol. The van der Waals surface area contributed by atoms with Crippen molar-refractivity contribution in [3.05, 3.63) is 104 Å². The molecule has 0 spiro atoms. The minimum absolute atomic E-state index is 0.0607. The zero-order chi connectivity index (χ0) is 22.8. The lowest BCUT2D eigenvalue weighted by Gasteiger charge is -2.19. The van der Waals surface area contributed by atoms with Crippen molar-refractivity contribution in [1.82, 2.24) is 4.90 Å². The second-order valence-electron chi connectivity index (χ2n) is 7.85. The quantitative estimate of drug-likeness (QED) is 0.341. The number of benzene rings is 3. The highest BCUT2D eigenvalue weighted by Gasteiger charge is 2.33. The molecule has 1 heterocycles. The van der Waals surface area contributed by atoms with Crippen LogP contribution in [0, 0.1) is 17.0 Å². The van der Waals surface area contributed by atoms with E-state index in [-0.39, 0.29) is 23.0 Å². The Balaban J connectivity index is 1.65. The Labute approximate surface area is 185 Å². The van der Waals surface area contributed by atoms with Crippen LogP contribution in [0.3, 0.4) is 0 Å². The van der Waals surface area contributed by atoms with Gasteiger partial charge in [-0.25, -0.2) is 0 Å². The lowest BCUT2D eigenvalue weighted by atomic mass is 9.99. The van der Waals surface area contributed by atoms with Gasteiger partial charge in [-0.15, -0.1) is 0 Å². The zero-order valence-corrected chi connectivity index (χ0v) is 17.7. The number of nitro benzene ring substituents is 1. The maximum atomic E-state index is 13.1. The fourth-order valence-electron chi connectivity index (χ4n) is 3.83. The molecule has 0 atom stereocenters. The van der Waals surface area contributed by atoms with Gasteiger partial charge in [-0.3, -0.25) is 19.8 Å². The minimum atomic E-state index is -0.489. The molecule has 0 radical (unpaired) electrons. The van der Waals surface area contributed by atoms with Crippen LogP contribution in [-0.4, -0.2) is 27.8 Å². The third kappa shape index (κ3) is 4.24. The highest BCUT2D eigenvalue weighted by molar-refractivity contribution is 6.15. The summed E-state index contributed by atoms with van der Waals surface area (Å²) in [6.07, 6.45) is 1.49. The van der Waals surface area contributed by atoms with E-state index in [4.69, 9.17) is 4.74 Å². The average molecular weight is 430 g/mol. The van der Waals surface area contributed by atoms with Gasteiger partial charge in [0.05, 0.1) is 16.1 Å². The van der Waals surface area contributed by atoms with Crippen molar-refractivity contribution in [2.24, 2.45) is 0 Å². The van der Waals surface area contributed by atoms with E-state index < -0.39 is 4.92 Å². The fraction of sp³-hybridized carbons (Fsp3) is 0.160. The Bertz CT molecular complexity index is 1230. The Morgan fingerprint density at radius 2 is 1.84 bits per heavy atom. The van der Waals surface area contributed by atoms with Gasteiger partial charge in [-0.1, -0.05) is 42.5 Å². The van der Waals surface area contributed by atoms with E-state index >= 15 is 0 Å². The number of allylic oxidation sites excluding steroid dienone is 1. The zero-order valence-electron chi connectivity index (χ0n) is 17.7. The highest BCUT2D eigenvalue weighted by atomic mass is 16.6. The molecule has 32 heavy (non-hydrogen) atoms. The molecule has 4 rings (SSSR count). The van der Waals surface area contributed by atoms with Crippen LogP contribution in [0.15, 0.2) is 66.4 Å². The average Bonchev–Trinajstić information content (AvgIpc) is 3.08. The molecular formula is C25H22N2O5. The molecule has 0 aliphatic carbocycles. The standard InChI is InChI=1S/C25H22N2O5/c1-16-11-21(28)20(15-26(2)14-17-7-4-3-5-8-17)25-23(16)24(29)22(32-25)13-18-9-6-10-19(12-18)27(30)31/h3-13,28H,14-15H2,1-2H3/b22-13-. The molecule has 0 unspecified atom stereocenters. The van der Waals surface area contributed by atoms with Crippen LogP contribution in [0.5, 0.6) is 11.5 Å². The van der Waals surface area contributed by atoms with Crippen LogP contribution in [0.4, 0.5) is 5.69 Å². The summed E-state index contributed by atoms with van der Waals surface area (Å²) < 4.78 is 5.92. The Hall–Kier alpha value is -3.97. The Morgan fingerprint density at radius 3 is 2.56 bits per heavy atom. The number of aromatic hydroxyl groups is 1. The molecule has 0 fully saturated rings.